The number of hydrogen-bond acceptors (Lipinski definition) is 5. The Morgan fingerprint density at radius 2 is 1.88 bits per heavy atom. The van der Waals surface area contributed by atoms with Crippen molar-refractivity contribution >= 4 is 29.1 Å². The first-order chi connectivity index (χ1) is 16.3. The number of aliphatic hydroxyl groups is 1. The second-order valence-electron chi connectivity index (χ2n) is 7.90. The lowest BCUT2D eigenvalue weighted by atomic mass is 9.99. The normalized spacial score (nSPS) is 17.4. The lowest BCUT2D eigenvalue weighted by Gasteiger charge is -2.23. The Hall–Kier alpha value is -3.58. The van der Waals surface area contributed by atoms with E-state index in [9.17, 15) is 19.1 Å². The Kier molecular flexibility index (Phi) is 6.75. The molecule has 4 rings (SSSR count). The van der Waals surface area contributed by atoms with Gasteiger partial charge in [-0.2, -0.15) is 0 Å². The predicted octanol–water partition coefficient (Wildman–Crippen LogP) is 5.44. The van der Waals surface area contributed by atoms with Gasteiger partial charge in [0, 0.05) is 12.1 Å². The fraction of sp³-hybridized carbons (Fsp3) is 0.231. The van der Waals surface area contributed by atoms with Crippen molar-refractivity contribution in [3.05, 3.63) is 93.7 Å². The Labute approximate surface area is 201 Å². The molecule has 34 heavy (non-hydrogen) atoms. The molecule has 0 aliphatic carbocycles. The van der Waals surface area contributed by atoms with Gasteiger partial charge in [-0.3, -0.25) is 9.59 Å². The van der Waals surface area contributed by atoms with Crippen LogP contribution >= 0.6 is 11.6 Å². The molecule has 3 aromatic rings. The monoisotopic (exact) mass is 483 g/mol. The van der Waals surface area contributed by atoms with E-state index in [1.54, 1.807) is 50.2 Å². The van der Waals surface area contributed by atoms with E-state index in [0.717, 1.165) is 5.56 Å². The Morgan fingerprint density at radius 1 is 1.15 bits per heavy atom. The van der Waals surface area contributed by atoms with Crippen molar-refractivity contribution < 1.29 is 28.2 Å². The first kappa shape index (κ1) is 23.6. The van der Waals surface area contributed by atoms with E-state index in [0.29, 0.717) is 35.3 Å². The molecule has 1 N–H and O–H groups in total. The third kappa shape index (κ3) is 4.56. The van der Waals surface area contributed by atoms with Gasteiger partial charge in [0.1, 0.15) is 34.9 Å². The summed E-state index contributed by atoms with van der Waals surface area (Å²) in [5, 5.41) is 11.5. The van der Waals surface area contributed by atoms with Crippen molar-refractivity contribution in [3.63, 3.8) is 0 Å². The molecule has 1 aliphatic heterocycles. The highest BCUT2D eigenvalue weighted by atomic mass is 35.5. The van der Waals surface area contributed by atoms with Gasteiger partial charge in [0.15, 0.2) is 0 Å². The number of ketones is 1. The summed E-state index contributed by atoms with van der Waals surface area (Å²) in [7, 11) is 0. The Balaban J connectivity index is 1.76. The molecule has 0 saturated carbocycles. The zero-order valence-electron chi connectivity index (χ0n) is 18.7. The van der Waals surface area contributed by atoms with Gasteiger partial charge in [-0.25, -0.2) is 4.39 Å². The van der Waals surface area contributed by atoms with Gasteiger partial charge in [0.2, 0.25) is 0 Å². The first-order valence-corrected chi connectivity index (χ1v) is 11.2. The lowest BCUT2D eigenvalue weighted by Crippen LogP contribution is -2.31. The van der Waals surface area contributed by atoms with E-state index in [-0.39, 0.29) is 29.3 Å². The van der Waals surface area contributed by atoms with E-state index < -0.39 is 17.7 Å². The zero-order chi connectivity index (χ0) is 24.4. The van der Waals surface area contributed by atoms with E-state index in [4.69, 9.17) is 20.8 Å². The summed E-state index contributed by atoms with van der Waals surface area (Å²) in [5.74, 6) is -0.959. The molecule has 1 saturated heterocycles. The van der Waals surface area contributed by atoms with E-state index >= 15 is 0 Å². The largest absolute Gasteiger partial charge is 0.507 e. The third-order valence-corrected chi connectivity index (χ3v) is 5.94. The van der Waals surface area contributed by atoms with Crippen molar-refractivity contribution in [1.29, 1.82) is 0 Å². The molecule has 6 nitrogen and oxygen atoms in total. The van der Waals surface area contributed by atoms with Gasteiger partial charge < -0.3 is 19.2 Å². The molecule has 1 amide bonds. The Bertz CT molecular complexity index is 1260. The maximum Gasteiger partial charge on any atom is 0.295 e. The van der Waals surface area contributed by atoms with Crippen molar-refractivity contribution in [2.75, 3.05) is 13.2 Å². The summed E-state index contributed by atoms with van der Waals surface area (Å²) in [6.45, 7) is 4.09. The average molecular weight is 484 g/mol. The molecule has 1 atom stereocenters. The summed E-state index contributed by atoms with van der Waals surface area (Å²) < 4.78 is 24.5. The molecule has 0 bridgehead atoms. The minimum Gasteiger partial charge on any atom is -0.507 e. The topological polar surface area (TPSA) is 80.0 Å². The molecule has 0 spiro atoms. The maximum atomic E-state index is 13.3. The average Bonchev–Trinajstić information content (AvgIpc) is 3.35. The lowest BCUT2D eigenvalue weighted by molar-refractivity contribution is -0.140. The first-order valence-electron chi connectivity index (χ1n) is 10.8. The number of furan rings is 1. The summed E-state index contributed by atoms with van der Waals surface area (Å²) in [6, 6.07) is 13.1. The van der Waals surface area contributed by atoms with Gasteiger partial charge in [-0.15, -0.1) is 0 Å². The smallest absolute Gasteiger partial charge is 0.295 e. The van der Waals surface area contributed by atoms with Crippen LogP contribution in [-0.2, 0) is 16.0 Å². The molecule has 8 heteroatoms. The van der Waals surface area contributed by atoms with E-state index in [1.807, 2.05) is 0 Å². The van der Waals surface area contributed by atoms with Crippen LogP contribution in [-0.4, -0.2) is 34.8 Å². The predicted molar refractivity (Wildman–Crippen MR) is 125 cm³/mol. The Morgan fingerprint density at radius 3 is 2.53 bits per heavy atom. The van der Waals surface area contributed by atoms with Crippen LogP contribution in [0.2, 0.25) is 5.02 Å². The molecular formula is C26H23ClFNO5. The number of halogens is 2. The van der Waals surface area contributed by atoms with Crippen LogP contribution in [0.3, 0.4) is 0 Å². The van der Waals surface area contributed by atoms with Crippen molar-refractivity contribution in [3.8, 4) is 5.75 Å². The maximum absolute atomic E-state index is 13.3. The SMILES string of the molecule is CCOc1cc(/C(O)=C2/C(=O)C(=O)N(CCc3ccc(F)cc3)C2c2ccc(C)o2)ccc1Cl. The number of Topliss-reactive ketones (excluding diaryl/α,β-unsaturated/α-hetero) is 1. The van der Waals surface area contributed by atoms with Gasteiger partial charge in [0.25, 0.3) is 11.7 Å². The van der Waals surface area contributed by atoms with Crippen LogP contribution in [0.1, 0.15) is 35.6 Å². The highest BCUT2D eigenvalue weighted by Gasteiger charge is 2.47. The molecule has 1 fully saturated rings. The summed E-state index contributed by atoms with van der Waals surface area (Å²) in [5.41, 5.74) is 1.01. The van der Waals surface area contributed by atoms with Crippen molar-refractivity contribution in [2.24, 2.45) is 0 Å². The molecule has 1 aliphatic rings. The van der Waals surface area contributed by atoms with Crippen molar-refractivity contribution in [2.45, 2.75) is 26.3 Å². The molecule has 176 valence electrons. The molecule has 2 heterocycles. The number of carbonyl (C=O) groups is 2. The van der Waals surface area contributed by atoms with Crippen LogP contribution in [0.4, 0.5) is 4.39 Å². The molecule has 1 aromatic heterocycles. The van der Waals surface area contributed by atoms with Gasteiger partial charge in [-0.05, 0) is 68.3 Å². The van der Waals surface area contributed by atoms with Crippen LogP contribution in [0.25, 0.3) is 5.76 Å². The van der Waals surface area contributed by atoms with Gasteiger partial charge in [0.05, 0.1) is 17.2 Å². The second kappa shape index (κ2) is 9.73. The summed E-state index contributed by atoms with van der Waals surface area (Å²) in [6.07, 6.45) is 0.388. The number of nitrogens with zero attached hydrogens (tertiary/aromatic N) is 1. The third-order valence-electron chi connectivity index (χ3n) is 5.63. The number of aliphatic hydroxyl groups excluding tert-OH is 1. The van der Waals surface area contributed by atoms with Crippen LogP contribution < -0.4 is 4.74 Å². The standard InChI is InChI=1S/C26H23ClFNO5/c1-3-33-21-14-17(7-10-19(21)27)24(30)22-23(20-11-4-15(2)34-20)29(26(32)25(22)31)13-12-16-5-8-18(28)9-6-16/h4-11,14,23,30H,3,12-13H2,1-2H3/b24-22-. The highest BCUT2D eigenvalue weighted by molar-refractivity contribution is 6.46. The number of rotatable bonds is 7. The number of carbonyl (C=O) groups excluding carboxylic acids is 2. The summed E-state index contributed by atoms with van der Waals surface area (Å²) in [4.78, 5) is 27.5. The molecule has 1 unspecified atom stereocenters. The van der Waals surface area contributed by atoms with Crippen LogP contribution in [0, 0.1) is 12.7 Å². The number of aryl methyl sites for hydroxylation is 1. The second-order valence-corrected chi connectivity index (χ2v) is 8.30. The van der Waals surface area contributed by atoms with Gasteiger partial charge >= 0.3 is 0 Å². The molecular weight excluding hydrogens is 461 g/mol. The number of ether oxygens (including phenoxy) is 1. The fourth-order valence-electron chi connectivity index (χ4n) is 3.98. The quantitative estimate of drug-likeness (QED) is 0.275. The minimum absolute atomic E-state index is 0.0803. The molecule has 0 radical (unpaired) electrons. The number of benzene rings is 2. The van der Waals surface area contributed by atoms with Crippen molar-refractivity contribution in [1.82, 2.24) is 4.90 Å². The zero-order valence-corrected chi connectivity index (χ0v) is 19.4. The van der Waals surface area contributed by atoms with E-state index in [1.165, 1.54) is 23.1 Å². The van der Waals surface area contributed by atoms with Crippen LogP contribution in [0.5, 0.6) is 5.75 Å². The minimum atomic E-state index is -0.916. The number of hydrogen-bond donors (Lipinski definition) is 1. The highest BCUT2D eigenvalue weighted by Crippen LogP contribution is 2.41. The van der Waals surface area contributed by atoms with Crippen LogP contribution in [0.15, 0.2) is 64.6 Å². The number of likely N-dealkylation sites (tertiary alicyclic amines) is 1. The fourth-order valence-corrected chi connectivity index (χ4v) is 4.15. The van der Waals surface area contributed by atoms with E-state index in [2.05, 4.69) is 0 Å². The summed E-state index contributed by atoms with van der Waals surface area (Å²) >= 11 is 6.16. The molecule has 2 aromatic carbocycles. The van der Waals surface area contributed by atoms with Gasteiger partial charge in [-0.1, -0.05) is 23.7 Å². The number of amides is 1.